The Morgan fingerprint density at radius 2 is 2.00 bits per heavy atom. The molecule has 28 heavy (non-hydrogen) atoms. The summed E-state index contributed by atoms with van der Waals surface area (Å²) in [4.78, 5) is 14.1. The molecule has 6 atom stereocenters. The minimum absolute atomic E-state index is 0.0493. The van der Waals surface area contributed by atoms with E-state index in [0.717, 1.165) is 32.3 Å². The quantitative estimate of drug-likeness (QED) is 0.693. The fourth-order valence-electron chi connectivity index (χ4n) is 5.38. The number of nitrogens with zero attached hydrogens (tertiary/aromatic N) is 1. The van der Waals surface area contributed by atoms with Crippen molar-refractivity contribution in [2.45, 2.75) is 88.5 Å². The van der Waals surface area contributed by atoms with Gasteiger partial charge in [-0.2, -0.15) is 0 Å². The van der Waals surface area contributed by atoms with E-state index >= 15 is 0 Å². The highest BCUT2D eigenvalue weighted by Crippen LogP contribution is 2.59. The number of epoxide rings is 2. The summed E-state index contributed by atoms with van der Waals surface area (Å²) in [5.74, 6) is 0.694. The Hall–Kier alpha value is -0.890. The second kappa shape index (κ2) is 6.83. The lowest BCUT2D eigenvalue weighted by atomic mass is 9.68. The van der Waals surface area contributed by atoms with E-state index in [4.69, 9.17) is 18.9 Å². The van der Waals surface area contributed by atoms with Gasteiger partial charge in [-0.25, -0.2) is 4.79 Å². The largest absolute Gasteiger partial charge is 0.443 e. The first-order chi connectivity index (χ1) is 13.1. The molecular weight excluding hydrogens is 362 g/mol. The zero-order chi connectivity index (χ0) is 20.3. The van der Waals surface area contributed by atoms with E-state index < -0.39 is 5.60 Å². The van der Waals surface area contributed by atoms with E-state index in [0.29, 0.717) is 19.0 Å². The third-order valence-corrected chi connectivity index (χ3v) is 7.08. The number of hydrogen-bond donors (Lipinski definition) is 1. The minimum Gasteiger partial charge on any atom is -0.443 e. The van der Waals surface area contributed by atoms with Crippen molar-refractivity contribution >= 4 is 6.09 Å². The lowest BCUT2D eigenvalue weighted by Gasteiger charge is -2.46. The first-order valence-electron chi connectivity index (χ1n) is 10.6. The van der Waals surface area contributed by atoms with Crippen LogP contribution >= 0.6 is 0 Å². The molecule has 0 bridgehead atoms. The van der Waals surface area contributed by atoms with Gasteiger partial charge in [-0.1, -0.05) is 13.8 Å². The van der Waals surface area contributed by atoms with Crippen LogP contribution in [0.1, 0.15) is 53.4 Å². The Balaban J connectivity index is 1.44. The highest BCUT2D eigenvalue weighted by molar-refractivity contribution is 5.69. The molecule has 1 amide bonds. The Morgan fingerprint density at radius 1 is 1.32 bits per heavy atom. The normalized spacial score (nSPS) is 43.8. The van der Waals surface area contributed by atoms with Crippen molar-refractivity contribution in [1.82, 2.24) is 4.90 Å². The number of β-amino-alcohol motifs (C(OH)–C–C–N with tert-alkyl or cyclic N) is 1. The van der Waals surface area contributed by atoms with E-state index in [2.05, 4.69) is 20.8 Å². The van der Waals surface area contributed by atoms with Gasteiger partial charge in [-0.3, -0.25) is 0 Å². The maximum atomic E-state index is 12.5. The Morgan fingerprint density at radius 3 is 2.54 bits per heavy atom. The highest BCUT2D eigenvalue weighted by atomic mass is 16.6. The van der Waals surface area contributed by atoms with Gasteiger partial charge in [0.1, 0.15) is 23.4 Å². The van der Waals surface area contributed by atoms with Crippen molar-refractivity contribution < 1.29 is 28.8 Å². The van der Waals surface area contributed by atoms with Crippen LogP contribution in [0.25, 0.3) is 0 Å². The molecule has 0 unspecified atom stereocenters. The minimum atomic E-state index is -0.806. The number of carbonyl (C=O) groups excluding carboxylic acids is 1. The van der Waals surface area contributed by atoms with Gasteiger partial charge in [0.25, 0.3) is 0 Å². The summed E-state index contributed by atoms with van der Waals surface area (Å²) < 4.78 is 23.9. The zero-order valence-corrected chi connectivity index (χ0v) is 17.8. The van der Waals surface area contributed by atoms with Crippen molar-refractivity contribution in [3.05, 3.63) is 0 Å². The number of likely N-dealkylation sites (tertiary alicyclic amines) is 1. The summed E-state index contributed by atoms with van der Waals surface area (Å²) in [6.45, 7) is 9.69. The second-order valence-corrected chi connectivity index (χ2v) is 10.1. The summed E-state index contributed by atoms with van der Waals surface area (Å²) in [6.07, 6.45) is 2.99. The van der Waals surface area contributed by atoms with E-state index in [9.17, 15) is 9.90 Å². The van der Waals surface area contributed by atoms with E-state index in [1.54, 1.807) is 18.9 Å². The van der Waals surface area contributed by atoms with Crippen LogP contribution in [-0.4, -0.2) is 78.0 Å². The summed E-state index contributed by atoms with van der Waals surface area (Å²) in [7, 11) is 1.68. The van der Waals surface area contributed by atoms with Gasteiger partial charge in [-0.15, -0.1) is 0 Å². The molecule has 1 spiro atoms. The molecule has 0 radical (unpaired) electrons. The smallest absolute Gasteiger partial charge is 0.410 e. The molecule has 4 fully saturated rings. The van der Waals surface area contributed by atoms with Crippen LogP contribution in [0.5, 0.6) is 0 Å². The number of rotatable bonds is 6. The van der Waals surface area contributed by atoms with Gasteiger partial charge < -0.3 is 29.0 Å². The van der Waals surface area contributed by atoms with Crippen molar-refractivity contribution in [3.8, 4) is 0 Å². The molecule has 1 N–H and O–H groups in total. The molecule has 7 nitrogen and oxygen atoms in total. The molecule has 3 heterocycles. The lowest BCUT2D eigenvalue weighted by molar-refractivity contribution is -0.133. The maximum absolute atomic E-state index is 12.5. The monoisotopic (exact) mass is 397 g/mol. The summed E-state index contributed by atoms with van der Waals surface area (Å²) >= 11 is 0. The number of hydrogen-bond acceptors (Lipinski definition) is 6. The second-order valence-electron chi connectivity index (χ2n) is 10.1. The molecule has 4 aliphatic rings. The number of amides is 1. The van der Waals surface area contributed by atoms with Crippen molar-refractivity contribution in [3.63, 3.8) is 0 Å². The predicted molar refractivity (Wildman–Crippen MR) is 102 cm³/mol. The van der Waals surface area contributed by atoms with Crippen molar-refractivity contribution in [2.75, 3.05) is 26.8 Å². The third-order valence-electron chi connectivity index (χ3n) is 7.08. The van der Waals surface area contributed by atoms with Gasteiger partial charge in [-0.05, 0) is 45.4 Å². The molecule has 0 aromatic carbocycles. The fourth-order valence-corrected chi connectivity index (χ4v) is 5.38. The van der Waals surface area contributed by atoms with Gasteiger partial charge >= 0.3 is 6.09 Å². The van der Waals surface area contributed by atoms with Crippen LogP contribution in [0.15, 0.2) is 0 Å². The van der Waals surface area contributed by atoms with Gasteiger partial charge in [0.15, 0.2) is 0 Å². The average Bonchev–Trinajstić information content (AvgIpc) is 3.50. The van der Waals surface area contributed by atoms with Crippen LogP contribution in [0, 0.1) is 11.8 Å². The molecule has 3 aliphatic heterocycles. The number of carbonyl (C=O) groups is 1. The molecule has 0 aromatic rings. The Labute approximate surface area is 167 Å². The number of aliphatic hydroxyl groups is 1. The highest BCUT2D eigenvalue weighted by Gasteiger charge is 2.72. The van der Waals surface area contributed by atoms with Crippen LogP contribution in [0.3, 0.4) is 0 Å². The molecule has 1 saturated carbocycles. The van der Waals surface area contributed by atoms with Crippen LogP contribution in [0.2, 0.25) is 0 Å². The first-order valence-corrected chi connectivity index (χ1v) is 10.6. The van der Waals surface area contributed by atoms with Crippen molar-refractivity contribution in [2.24, 2.45) is 11.8 Å². The molecular formula is C21H35NO6. The van der Waals surface area contributed by atoms with E-state index in [1.165, 1.54) is 0 Å². The number of methoxy groups -OCH3 is 1. The first kappa shape index (κ1) is 20.4. The van der Waals surface area contributed by atoms with Crippen LogP contribution in [0.4, 0.5) is 4.79 Å². The topological polar surface area (TPSA) is 84.1 Å². The number of ether oxygens (including phenoxy) is 4. The van der Waals surface area contributed by atoms with Gasteiger partial charge in [0, 0.05) is 7.11 Å². The van der Waals surface area contributed by atoms with E-state index in [1.807, 2.05) is 0 Å². The molecule has 4 rings (SSSR count). The van der Waals surface area contributed by atoms with Crippen LogP contribution < -0.4 is 0 Å². The Kier molecular flexibility index (Phi) is 4.97. The predicted octanol–water partition coefficient (Wildman–Crippen LogP) is 2.35. The fraction of sp³-hybridized carbons (Fsp3) is 0.952. The molecule has 7 heteroatoms. The zero-order valence-electron chi connectivity index (χ0n) is 17.8. The third kappa shape index (κ3) is 3.55. The molecule has 3 saturated heterocycles. The lowest BCUT2D eigenvalue weighted by Crippen LogP contribution is -2.63. The molecule has 1 aliphatic carbocycles. The van der Waals surface area contributed by atoms with Crippen LogP contribution in [-0.2, 0) is 18.9 Å². The maximum Gasteiger partial charge on any atom is 0.410 e. The Bertz CT molecular complexity index is 610. The van der Waals surface area contributed by atoms with Gasteiger partial charge in [0.05, 0.1) is 37.3 Å². The summed E-state index contributed by atoms with van der Waals surface area (Å²) in [5, 5.41) is 9.88. The molecule has 0 aromatic heterocycles. The standard InChI is InChI=1S/C21H35NO6/c1-13(2)6-7-15-20(4,28-15)17-16(25-5)14(8-9-21(17)12-26-21)27-18(23)22-10-19(3,24)11-22/h13-17,24H,6-12H2,1-5H3/t14-,15-,16-,17-,20+,21+/m1/s1. The SMILES string of the molecule is CO[C@@H]1[C@H](OC(=O)N2CC(C)(O)C2)CC[C@]2(CO2)[C@H]1[C@@]1(C)O[C@@H]1CCC(C)C. The van der Waals surface area contributed by atoms with E-state index in [-0.39, 0.29) is 41.5 Å². The van der Waals surface area contributed by atoms with Gasteiger partial charge in [0.2, 0.25) is 0 Å². The summed E-state index contributed by atoms with van der Waals surface area (Å²) in [6, 6.07) is 0. The van der Waals surface area contributed by atoms with Crippen molar-refractivity contribution in [1.29, 1.82) is 0 Å². The summed E-state index contributed by atoms with van der Waals surface area (Å²) in [5.41, 5.74) is -1.30. The molecule has 160 valence electrons. The average molecular weight is 398 g/mol.